The maximum atomic E-state index is 13.0. The van der Waals surface area contributed by atoms with Crippen LogP contribution in [-0.2, 0) is 14.3 Å². The van der Waals surface area contributed by atoms with Crippen LogP contribution < -0.4 is 10.6 Å². The summed E-state index contributed by atoms with van der Waals surface area (Å²) in [5, 5.41) is 14.7. The van der Waals surface area contributed by atoms with Gasteiger partial charge in [-0.2, -0.15) is 0 Å². The number of hydrogen-bond acceptors (Lipinski definition) is 4. The zero-order chi connectivity index (χ0) is 24.7. The second-order valence-corrected chi connectivity index (χ2v) is 8.93. The Morgan fingerprint density at radius 1 is 0.971 bits per heavy atom. The van der Waals surface area contributed by atoms with Gasteiger partial charge in [0.2, 0.25) is 5.91 Å². The van der Waals surface area contributed by atoms with Gasteiger partial charge in [-0.3, -0.25) is 9.59 Å². The van der Waals surface area contributed by atoms with Gasteiger partial charge in [-0.1, -0.05) is 82.1 Å². The predicted molar refractivity (Wildman–Crippen MR) is 131 cm³/mol. The van der Waals surface area contributed by atoms with Gasteiger partial charge in [0.25, 0.3) is 0 Å². The van der Waals surface area contributed by atoms with Gasteiger partial charge >= 0.3 is 12.1 Å². The zero-order valence-electron chi connectivity index (χ0n) is 20.0. The third-order valence-electron chi connectivity index (χ3n) is 6.52. The molecule has 7 nitrogen and oxygen atoms in total. The number of nitrogens with one attached hydrogen (secondary N) is 2. The molecular weight excluding hydrogens is 432 g/mol. The van der Waals surface area contributed by atoms with Crippen LogP contribution in [0.3, 0.4) is 0 Å². The molecule has 0 heterocycles. The summed E-state index contributed by atoms with van der Waals surface area (Å²) in [4.78, 5) is 36.8. The summed E-state index contributed by atoms with van der Waals surface area (Å²) < 4.78 is 5.61. The maximum absolute atomic E-state index is 13.0. The molecule has 0 radical (unpaired) electrons. The van der Waals surface area contributed by atoms with E-state index in [-0.39, 0.29) is 30.8 Å². The van der Waals surface area contributed by atoms with Crippen molar-refractivity contribution in [2.75, 3.05) is 6.61 Å². The number of carbonyl (C=O) groups excluding carboxylic acids is 2. The second-order valence-electron chi connectivity index (χ2n) is 8.93. The molecule has 2 aromatic rings. The lowest BCUT2D eigenvalue weighted by atomic mass is 9.97. The van der Waals surface area contributed by atoms with E-state index in [0.717, 1.165) is 28.7 Å². The summed E-state index contributed by atoms with van der Waals surface area (Å²) in [6.45, 7) is 5.90. The Balaban J connectivity index is 1.66. The Hall–Kier alpha value is -3.35. The van der Waals surface area contributed by atoms with E-state index in [1.54, 1.807) is 0 Å². The molecule has 3 rings (SSSR count). The van der Waals surface area contributed by atoms with E-state index in [1.165, 1.54) is 0 Å². The molecule has 3 N–H and O–H groups in total. The van der Waals surface area contributed by atoms with Gasteiger partial charge in [-0.25, -0.2) is 4.79 Å². The number of amides is 2. The molecule has 34 heavy (non-hydrogen) atoms. The summed E-state index contributed by atoms with van der Waals surface area (Å²) >= 11 is 0. The van der Waals surface area contributed by atoms with E-state index in [9.17, 15) is 14.4 Å². The van der Waals surface area contributed by atoms with Crippen molar-refractivity contribution in [2.45, 2.75) is 64.5 Å². The van der Waals surface area contributed by atoms with Crippen LogP contribution in [0.2, 0.25) is 0 Å². The van der Waals surface area contributed by atoms with Crippen molar-refractivity contribution in [1.29, 1.82) is 0 Å². The van der Waals surface area contributed by atoms with Gasteiger partial charge in [0.1, 0.15) is 12.6 Å². The van der Waals surface area contributed by atoms with Crippen LogP contribution in [0, 0.1) is 5.92 Å². The van der Waals surface area contributed by atoms with Crippen molar-refractivity contribution in [3.63, 3.8) is 0 Å². The molecule has 2 aromatic carbocycles. The molecule has 1 aliphatic carbocycles. The van der Waals surface area contributed by atoms with Crippen molar-refractivity contribution < 1.29 is 24.2 Å². The van der Waals surface area contributed by atoms with E-state index in [2.05, 4.69) is 22.8 Å². The first kappa shape index (κ1) is 25.3. The van der Waals surface area contributed by atoms with Crippen LogP contribution in [0.25, 0.3) is 11.1 Å². The first-order valence-electron chi connectivity index (χ1n) is 12.0. The third-order valence-corrected chi connectivity index (χ3v) is 6.52. The Morgan fingerprint density at radius 2 is 1.56 bits per heavy atom. The average molecular weight is 467 g/mol. The molecular formula is C27H34N2O5. The molecule has 0 saturated carbocycles. The number of rotatable bonds is 11. The molecule has 0 bridgehead atoms. The molecule has 182 valence electrons. The lowest BCUT2D eigenvalue weighted by Crippen LogP contribution is -2.53. The molecule has 7 heteroatoms. The Morgan fingerprint density at radius 3 is 2.09 bits per heavy atom. The van der Waals surface area contributed by atoms with Gasteiger partial charge in [0.15, 0.2) is 0 Å². The van der Waals surface area contributed by atoms with Crippen LogP contribution in [0.15, 0.2) is 48.5 Å². The number of benzene rings is 2. The minimum atomic E-state index is -0.969. The van der Waals surface area contributed by atoms with E-state index in [1.807, 2.05) is 57.2 Å². The van der Waals surface area contributed by atoms with Crippen LogP contribution in [0.1, 0.15) is 63.5 Å². The molecule has 0 aromatic heterocycles. The molecule has 0 aliphatic heterocycles. The minimum absolute atomic E-state index is 0.0708. The smallest absolute Gasteiger partial charge is 0.407 e. The molecule has 1 aliphatic rings. The maximum Gasteiger partial charge on any atom is 0.407 e. The normalized spacial score (nSPS) is 14.9. The van der Waals surface area contributed by atoms with Gasteiger partial charge in [0, 0.05) is 12.0 Å². The Kier molecular flexibility index (Phi) is 8.68. The molecule has 2 unspecified atom stereocenters. The summed E-state index contributed by atoms with van der Waals surface area (Å²) in [5.74, 6) is -1.57. The standard InChI is InChI=1S/C27H34N2O5/c1-4-10-18(15-24(30)31)28-26(32)25(17(3)5-2)29-27(33)34-16-23-21-13-8-6-11-19(21)20-12-7-9-14-22(20)23/h6-9,11-14,17-18,23,25H,4-5,10,15-16H2,1-3H3,(H,28,32)(H,29,33)(H,30,31)/t17?,18-,25?/m1/s1. The first-order valence-corrected chi connectivity index (χ1v) is 12.0. The zero-order valence-corrected chi connectivity index (χ0v) is 20.0. The Bertz CT molecular complexity index is 976. The van der Waals surface area contributed by atoms with E-state index in [4.69, 9.17) is 9.84 Å². The summed E-state index contributed by atoms with van der Waals surface area (Å²) in [6, 6.07) is 14.9. The number of alkyl carbamates (subject to hydrolysis) is 1. The lowest BCUT2D eigenvalue weighted by molar-refractivity contribution is -0.137. The number of carbonyl (C=O) groups is 3. The average Bonchev–Trinajstić information content (AvgIpc) is 3.14. The number of fused-ring (bicyclic) bond motifs is 3. The van der Waals surface area contributed by atoms with Gasteiger partial charge < -0.3 is 20.5 Å². The Labute approximate surface area is 200 Å². The van der Waals surface area contributed by atoms with Gasteiger partial charge in [0.05, 0.1) is 6.42 Å². The number of hydrogen-bond donors (Lipinski definition) is 3. The fourth-order valence-corrected chi connectivity index (χ4v) is 4.54. The summed E-state index contributed by atoms with van der Waals surface area (Å²) in [5.41, 5.74) is 4.52. The largest absolute Gasteiger partial charge is 0.481 e. The SMILES string of the molecule is CCC[C@H](CC(=O)O)NC(=O)C(NC(=O)OCC1c2ccccc2-c2ccccc21)C(C)CC. The predicted octanol–water partition coefficient (Wildman–Crippen LogP) is 4.70. The molecule has 2 amide bonds. The van der Waals surface area contributed by atoms with Crippen molar-refractivity contribution in [1.82, 2.24) is 10.6 Å². The van der Waals surface area contributed by atoms with Crippen LogP contribution in [0.4, 0.5) is 4.79 Å². The van der Waals surface area contributed by atoms with Crippen LogP contribution >= 0.6 is 0 Å². The van der Waals surface area contributed by atoms with Gasteiger partial charge in [-0.15, -0.1) is 0 Å². The fraction of sp³-hybridized carbons (Fsp3) is 0.444. The van der Waals surface area contributed by atoms with Crippen molar-refractivity contribution in [3.8, 4) is 11.1 Å². The second kappa shape index (κ2) is 11.7. The number of carboxylic acids is 1. The van der Waals surface area contributed by atoms with Crippen molar-refractivity contribution >= 4 is 18.0 Å². The molecule has 3 atom stereocenters. The number of ether oxygens (including phenoxy) is 1. The number of aliphatic carboxylic acids is 1. The highest BCUT2D eigenvalue weighted by molar-refractivity contribution is 5.86. The molecule has 0 saturated heterocycles. The quantitative estimate of drug-likeness (QED) is 0.445. The highest BCUT2D eigenvalue weighted by atomic mass is 16.5. The van der Waals surface area contributed by atoms with E-state index >= 15 is 0 Å². The van der Waals surface area contributed by atoms with Crippen LogP contribution in [-0.4, -0.2) is 41.8 Å². The lowest BCUT2D eigenvalue weighted by Gasteiger charge is -2.26. The van der Waals surface area contributed by atoms with Gasteiger partial charge in [-0.05, 0) is 34.6 Å². The first-order chi connectivity index (χ1) is 16.3. The third kappa shape index (κ3) is 5.95. The van der Waals surface area contributed by atoms with E-state index < -0.39 is 24.1 Å². The van der Waals surface area contributed by atoms with Crippen molar-refractivity contribution in [3.05, 3.63) is 59.7 Å². The monoisotopic (exact) mass is 466 g/mol. The highest BCUT2D eigenvalue weighted by Crippen LogP contribution is 2.44. The molecule has 0 spiro atoms. The summed E-state index contributed by atoms with van der Waals surface area (Å²) in [7, 11) is 0. The van der Waals surface area contributed by atoms with Crippen LogP contribution in [0.5, 0.6) is 0 Å². The highest BCUT2D eigenvalue weighted by Gasteiger charge is 2.31. The van der Waals surface area contributed by atoms with Crippen molar-refractivity contribution in [2.24, 2.45) is 5.92 Å². The summed E-state index contributed by atoms with van der Waals surface area (Å²) in [6.07, 6.45) is 1.15. The molecule has 0 fully saturated rings. The minimum Gasteiger partial charge on any atom is -0.481 e. The number of carboxylic acid groups (broad SMARTS) is 1. The van der Waals surface area contributed by atoms with E-state index in [0.29, 0.717) is 12.8 Å². The fourth-order valence-electron chi connectivity index (χ4n) is 4.54. The topological polar surface area (TPSA) is 105 Å².